The molecule has 1 aromatic carbocycles. The minimum atomic E-state index is -1.53. The SMILES string of the molecule is COC(=O)c1ccc([C@H](N)C(=O)O)c([N+](=O)[O-])c1. The molecule has 3 N–H and O–H groups in total. The molecule has 0 bridgehead atoms. The number of hydrogen-bond acceptors (Lipinski definition) is 6. The first-order valence-electron chi connectivity index (χ1n) is 4.73. The fourth-order valence-electron chi connectivity index (χ4n) is 1.34. The first-order chi connectivity index (χ1) is 8.38. The van der Waals surface area contributed by atoms with E-state index in [9.17, 15) is 19.7 Å². The molecule has 0 aliphatic carbocycles. The fraction of sp³-hybridized carbons (Fsp3) is 0.200. The zero-order valence-electron chi connectivity index (χ0n) is 9.32. The summed E-state index contributed by atoms with van der Waals surface area (Å²) in [5.74, 6) is -2.16. The molecular formula is C10H10N2O6. The Kier molecular flexibility index (Phi) is 3.95. The summed E-state index contributed by atoms with van der Waals surface area (Å²) in [6, 6.07) is 1.75. The van der Waals surface area contributed by atoms with Gasteiger partial charge in [0.1, 0.15) is 6.04 Å². The summed E-state index contributed by atoms with van der Waals surface area (Å²) in [5, 5.41) is 19.5. The molecule has 0 radical (unpaired) electrons. The Morgan fingerprint density at radius 3 is 2.56 bits per heavy atom. The highest BCUT2D eigenvalue weighted by molar-refractivity contribution is 5.90. The minimum absolute atomic E-state index is 0.0504. The average molecular weight is 254 g/mol. The number of carbonyl (C=O) groups excluding carboxylic acids is 1. The first-order valence-corrected chi connectivity index (χ1v) is 4.73. The van der Waals surface area contributed by atoms with Crippen molar-refractivity contribution in [3.05, 3.63) is 39.4 Å². The van der Waals surface area contributed by atoms with Gasteiger partial charge < -0.3 is 15.6 Å². The Morgan fingerprint density at radius 2 is 2.11 bits per heavy atom. The van der Waals surface area contributed by atoms with Gasteiger partial charge >= 0.3 is 11.9 Å². The summed E-state index contributed by atoms with van der Waals surface area (Å²) in [5.41, 5.74) is 4.55. The van der Waals surface area contributed by atoms with Crippen molar-refractivity contribution in [3.8, 4) is 0 Å². The van der Waals surface area contributed by atoms with Crippen molar-refractivity contribution in [2.75, 3.05) is 7.11 Å². The molecular weight excluding hydrogens is 244 g/mol. The van der Waals surface area contributed by atoms with Crippen LogP contribution in [0.4, 0.5) is 5.69 Å². The lowest BCUT2D eigenvalue weighted by molar-refractivity contribution is -0.385. The zero-order chi connectivity index (χ0) is 13.9. The van der Waals surface area contributed by atoms with Crippen LogP contribution in [0.1, 0.15) is 22.0 Å². The Balaban J connectivity index is 3.33. The molecule has 0 aromatic heterocycles. The molecule has 0 heterocycles. The van der Waals surface area contributed by atoms with Gasteiger partial charge in [0.05, 0.1) is 23.2 Å². The van der Waals surface area contributed by atoms with E-state index in [0.29, 0.717) is 0 Å². The maximum Gasteiger partial charge on any atom is 0.338 e. The number of carbonyl (C=O) groups is 2. The third-order valence-corrected chi connectivity index (χ3v) is 2.25. The number of nitrogens with two attached hydrogens (primary N) is 1. The monoisotopic (exact) mass is 254 g/mol. The topological polar surface area (TPSA) is 133 Å². The number of esters is 1. The number of aliphatic carboxylic acids is 1. The van der Waals surface area contributed by atoms with Crippen LogP contribution in [0.25, 0.3) is 0 Å². The molecule has 18 heavy (non-hydrogen) atoms. The van der Waals surface area contributed by atoms with Crippen LogP contribution in [-0.2, 0) is 9.53 Å². The minimum Gasteiger partial charge on any atom is -0.480 e. The van der Waals surface area contributed by atoms with Gasteiger partial charge in [0.15, 0.2) is 0 Å². The van der Waals surface area contributed by atoms with Crippen LogP contribution in [0.2, 0.25) is 0 Å². The van der Waals surface area contributed by atoms with Gasteiger partial charge in [-0.05, 0) is 12.1 Å². The van der Waals surface area contributed by atoms with E-state index in [4.69, 9.17) is 10.8 Å². The van der Waals surface area contributed by atoms with E-state index in [2.05, 4.69) is 4.74 Å². The second-order valence-corrected chi connectivity index (χ2v) is 3.34. The standard InChI is InChI=1S/C10H10N2O6/c1-18-10(15)5-2-3-6(8(11)9(13)14)7(4-5)12(16)17/h2-4,8H,11H2,1H3,(H,13,14)/t8-/m0/s1. The highest BCUT2D eigenvalue weighted by Gasteiger charge is 2.25. The normalized spacial score (nSPS) is 11.7. The van der Waals surface area contributed by atoms with E-state index in [1.165, 1.54) is 6.07 Å². The van der Waals surface area contributed by atoms with Crippen LogP contribution < -0.4 is 5.73 Å². The quantitative estimate of drug-likeness (QED) is 0.453. The van der Waals surface area contributed by atoms with Crippen LogP contribution in [0.15, 0.2) is 18.2 Å². The van der Waals surface area contributed by atoms with Gasteiger partial charge in [0.25, 0.3) is 5.69 Å². The molecule has 1 aromatic rings. The Morgan fingerprint density at radius 1 is 1.50 bits per heavy atom. The lowest BCUT2D eigenvalue weighted by atomic mass is 10.0. The first kappa shape index (κ1) is 13.6. The van der Waals surface area contributed by atoms with Crippen molar-refractivity contribution >= 4 is 17.6 Å². The number of nitro benzene ring substituents is 1. The van der Waals surface area contributed by atoms with Gasteiger partial charge in [0, 0.05) is 6.07 Å². The highest BCUT2D eigenvalue weighted by Crippen LogP contribution is 2.25. The lowest BCUT2D eigenvalue weighted by Crippen LogP contribution is -2.22. The Labute approximate surface area is 101 Å². The molecule has 0 fully saturated rings. The van der Waals surface area contributed by atoms with Gasteiger partial charge in [-0.1, -0.05) is 0 Å². The van der Waals surface area contributed by atoms with E-state index in [0.717, 1.165) is 19.2 Å². The van der Waals surface area contributed by atoms with E-state index < -0.39 is 28.6 Å². The molecule has 0 spiro atoms. The lowest BCUT2D eigenvalue weighted by Gasteiger charge is -2.08. The largest absolute Gasteiger partial charge is 0.480 e. The number of carboxylic acid groups (broad SMARTS) is 1. The van der Waals surface area contributed by atoms with Crippen molar-refractivity contribution in [3.63, 3.8) is 0 Å². The predicted octanol–water partition coefficient (Wildman–Crippen LogP) is 0.466. The summed E-state index contributed by atoms with van der Waals surface area (Å²) in [6.45, 7) is 0. The van der Waals surface area contributed by atoms with Gasteiger partial charge in [-0.3, -0.25) is 14.9 Å². The number of benzene rings is 1. The molecule has 1 rings (SSSR count). The molecule has 0 aliphatic heterocycles. The number of nitro groups is 1. The van der Waals surface area contributed by atoms with Crippen LogP contribution in [0, 0.1) is 10.1 Å². The molecule has 0 amide bonds. The van der Waals surface area contributed by atoms with Gasteiger partial charge in [-0.2, -0.15) is 0 Å². The summed E-state index contributed by atoms with van der Waals surface area (Å²) >= 11 is 0. The Hall–Kier alpha value is -2.48. The van der Waals surface area contributed by atoms with Crippen molar-refractivity contribution in [2.24, 2.45) is 5.73 Å². The van der Waals surface area contributed by atoms with E-state index in [-0.39, 0.29) is 11.1 Å². The third-order valence-electron chi connectivity index (χ3n) is 2.25. The van der Waals surface area contributed by atoms with E-state index in [1.807, 2.05) is 0 Å². The number of nitrogens with zero attached hydrogens (tertiary/aromatic N) is 1. The van der Waals surface area contributed by atoms with Crippen molar-refractivity contribution in [1.29, 1.82) is 0 Å². The number of rotatable bonds is 4. The molecule has 0 saturated heterocycles. The van der Waals surface area contributed by atoms with Gasteiger partial charge in [0.2, 0.25) is 0 Å². The molecule has 8 nitrogen and oxygen atoms in total. The molecule has 1 atom stereocenters. The van der Waals surface area contributed by atoms with Crippen LogP contribution in [0.3, 0.4) is 0 Å². The summed E-state index contributed by atoms with van der Waals surface area (Å²) in [4.78, 5) is 31.9. The number of ether oxygens (including phenoxy) is 1. The third kappa shape index (κ3) is 2.61. The molecule has 8 heteroatoms. The summed E-state index contributed by atoms with van der Waals surface area (Å²) in [6.07, 6.45) is 0. The van der Waals surface area contributed by atoms with Crippen molar-refractivity contribution < 1.29 is 24.4 Å². The van der Waals surface area contributed by atoms with E-state index >= 15 is 0 Å². The summed E-state index contributed by atoms with van der Waals surface area (Å²) < 4.78 is 4.41. The zero-order valence-corrected chi connectivity index (χ0v) is 9.32. The van der Waals surface area contributed by atoms with Crippen LogP contribution in [0.5, 0.6) is 0 Å². The molecule has 96 valence electrons. The van der Waals surface area contributed by atoms with Crippen LogP contribution >= 0.6 is 0 Å². The van der Waals surface area contributed by atoms with Crippen LogP contribution in [-0.4, -0.2) is 29.1 Å². The number of methoxy groups -OCH3 is 1. The van der Waals surface area contributed by atoms with Gasteiger partial charge in [-0.15, -0.1) is 0 Å². The number of carboxylic acids is 1. The maximum absolute atomic E-state index is 11.2. The van der Waals surface area contributed by atoms with E-state index in [1.54, 1.807) is 0 Å². The average Bonchev–Trinajstić information content (AvgIpc) is 2.35. The van der Waals surface area contributed by atoms with Crippen molar-refractivity contribution in [2.45, 2.75) is 6.04 Å². The maximum atomic E-state index is 11.2. The van der Waals surface area contributed by atoms with Crippen molar-refractivity contribution in [1.82, 2.24) is 0 Å². The molecule has 0 aliphatic rings. The molecule has 0 saturated carbocycles. The highest BCUT2D eigenvalue weighted by atomic mass is 16.6. The fourth-order valence-corrected chi connectivity index (χ4v) is 1.34. The second kappa shape index (κ2) is 5.23. The van der Waals surface area contributed by atoms with Gasteiger partial charge in [-0.25, -0.2) is 4.79 Å². The predicted molar refractivity (Wildman–Crippen MR) is 59.0 cm³/mol. The molecule has 0 unspecified atom stereocenters. The summed E-state index contributed by atoms with van der Waals surface area (Å²) in [7, 11) is 1.13. The smallest absolute Gasteiger partial charge is 0.338 e. The Bertz CT molecular complexity index is 513. The second-order valence-electron chi connectivity index (χ2n) is 3.34. The number of hydrogen-bond donors (Lipinski definition) is 2.